The lowest BCUT2D eigenvalue weighted by molar-refractivity contribution is 0.0893. The Hall–Kier alpha value is -1.83. The number of carbonyl (C=O) groups is 1. The number of aromatic nitrogens is 2. The van der Waals surface area contributed by atoms with Gasteiger partial charge in [0, 0.05) is 13.2 Å². The number of amides is 1. The smallest absolute Gasteiger partial charge is 0.270 e. The zero-order valence-electron chi connectivity index (χ0n) is 9.94. The fraction of sp³-hybridized carbons (Fsp3) is 0.583. The molecule has 1 N–H and O–H groups in total. The molecule has 0 aliphatic heterocycles. The number of aryl methyl sites for hydroxylation is 1. The number of hydrogen-bond donors (Lipinski definition) is 1. The molecule has 1 aromatic heterocycles. The van der Waals surface area contributed by atoms with E-state index in [-0.39, 0.29) is 5.91 Å². The summed E-state index contributed by atoms with van der Waals surface area (Å²) in [7, 11) is 1.72. The van der Waals surface area contributed by atoms with Crippen molar-refractivity contribution >= 4 is 5.91 Å². The Morgan fingerprint density at radius 1 is 1.53 bits per heavy atom. The van der Waals surface area contributed by atoms with Gasteiger partial charge < -0.3 is 5.32 Å². The average molecular weight is 232 g/mol. The molecule has 0 unspecified atom stereocenters. The van der Waals surface area contributed by atoms with Crippen LogP contribution in [0.3, 0.4) is 0 Å². The van der Waals surface area contributed by atoms with Crippen LogP contribution in [0.25, 0.3) is 0 Å². The van der Waals surface area contributed by atoms with E-state index in [0.29, 0.717) is 5.69 Å². The largest absolute Gasteiger partial charge is 0.332 e. The van der Waals surface area contributed by atoms with Gasteiger partial charge in [-0.1, -0.05) is 19.3 Å². The molecular formula is C12H16N4O. The highest BCUT2D eigenvalue weighted by Crippen LogP contribution is 2.27. The van der Waals surface area contributed by atoms with Crippen LogP contribution in [0.5, 0.6) is 0 Å². The quantitative estimate of drug-likeness (QED) is 0.837. The van der Waals surface area contributed by atoms with Gasteiger partial charge >= 0.3 is 0 Å². The average Bonchev–Trinajstić information content (AvgIpc) is 2.77. The molecule has 1 amide bonds. The van der Waals surface area contributed by atoms with E-state index in [1.54, 1.807) is 19.3 Å². The van der Waals surface area contributed by atoms with Crippen molar-refractivity contribution in [2.45, 2.75) is 37.6 Å². The second kappa shape index (κ2) is 4.58. The van der Waals surface area contributed by atoms with Crippen molar-refractivity contribution < 1.29 is 4.79 Å². The van der Waals surface area contributed by atoms with Crippen LogP contribution >= 0.6 is 0 Å². The standard InChI is InChI=1S/C12H16N4O/c1-16-10(5-8-14-16)11(17)15-12(9-13)6-3-2-4-7-12/h5,8H,2-4,6-7H2,1H3,(H,15,17). The van der Waals surface area contributed by atoms with Crippen molar-refractivity contribution in [3.05, 3.63) is 18.0 Å². The summed E-state index contributed by atoms with van der Waals surface area (Å²) in [5, 5.41) is 16.1. The first-order valence-corrected chi connectivity index (χ1v) is 5.89. The van der Waals surface area contributed by atoms with E-state index in [0.717, 1.165) is 32.1 Å². The molecule has 1 aliphatic rings. The lowest BCUT2D eigenvalue weighted by atomic mass is 9.83. The lowest BCUT2D eigenvalue weighted by Gasteiger charge is -2.31. The molecule has 1 fully saturated rings. The van der Waals surface area contributed by atoms with E-state index in [1.807, 2.05) is 0 Å². The monoisotopic (exact) mass is 232 g/mol. The van der Waals surface area contributed by atoms with Crippen LogP contribution in [-0.4, -0.2) is 21.2 Å². The highest BCUT2D eigenvalue weighted by Gasteiger charge is 2.34. The predicted octanol–water partition coefficient (Wildman–Crippen LogP) is 1.38. The van der Waals surface area contributed by atoms with Crippen LogP contribution < -0.4 is 5.32 Å². The zero-order chi connectivity index (χ0) is 12.3. The van der Waals surface area contributed by atoms with E-state index >= 15 is 0 Å². The third-order valence-corrected chi connectivity index (χ3v) is 3.33. The van der Waals surface area contributed by atoms with E-state index in [2.05, 4.69) is 16.5 Å². The fourth-order valence-electron chi connectivity index (χ4n) is 2.30. The Morgan fingerprint density at radius 3 is 2.76 bits per heavy atom. The van der Waals surface area contributed by atoms with Gasteiger partial charge in [-0.25, -0.2) is 0 Å². The van der Waals surface area contributed by atoms with Gasteiger partial charge in [-0.2, -0.15) is 10.4 Å². The molecule has 1 aliphatic carbocycles. The summed E-state index contributed by atoms with van der Waals surface area (Å²) in [4.78, 5) is 12.0. The van der Waals surface area contributed by atoms with Crippen LogP contribution in [0.4, 0.5) is 0 Å². The van der Waals surface area contributed by atoms with Gasteiger partial charge in [0.2, 0.25) is 0 Å². The Labute approximate surface area is 100 Å². The van der Waals surface area contributed by atoms with Crippen LogP contribution in [-0.2, 0) is 7.05 Å². The maximum Gasteiger partial charge on any atom is 0.270 e. The summed E-state index contributed by atoms with van der Waals surface area (Å²) in [5.74, 6) is -0.214. The number of nitrogens with zero attached hydrogens (tertiary/aromatic N) is 3. The molecule has 0 radical (unpaired) electrons. The van der Waals surface area contributed by atoms with Gasteiger partial charge in [0.05, 0.1) is 6.07 Å². The minimum atomic E-state index is -0.681. The molecule has 17 heavy (non-hydrogen) atoms. The Bertz CT molecular complexity index is 451. The second-order valence-electron chi connectivity index (χ2n) is 4.55. The second-order valence-corrected chi connectivity index (χ2v) is 4.55. The maximum atomic E-state index is 12.0. The van der Waals surface area contributed by atoms with Crippen molar-refractivity contribution in [1.82, 2.24) is 15.1 Å². The number of hydrogen-bond acceptors (Lipinski definition) is 3. The van der Waals surface area contributed by atoms with E-state index < -0.39 is 5.54 Å². The van der Waals surface area contributed by atoms with Gasteiger partial charge in [0.1, 0.15) is 11.2 Å². The molecule has 0 atom stereocenters. The van der Waals surface area contributed by atoms with Crippen LogP contribution in [0.15, 0.2) is 12.3 Å². The Balaban J connectivity index is 2.12. The van der Waals surface area contributed by atoms with Gasteiger partial charge in [-0.15, -0.1) is 0 Å². The first-order chi connectivity index (χ1) is 8.17. The minimum absolute atomic E-state index is 0.214. The first-order valence-electron chi connectivity index (χ1n) is 5.89. The van der Waals surface area contributed by atoms with Gasteiger partial charge in [0.15, 0.2) is 0 Å². The topological polar surface area (TPSA) is 70.7 Å². The summed E-state index contributed by atoms with van der Waals surface area (Å²) < 4.78 is 1.52. The molecule has 1 aromatic rings. The summed E-state index contributed by atoms with van der Waals surface area (Å²) in [6.45, 7) is 0. The minimum Gasteiger partial charge on any atom is -0.332 e. The van der Waals surface area contributed by atoms with Crippen LogP contribution in [0, 0.1) is 11.3 Å². The normalized spacial score (nSPS) is 18.4. The summed E-state index contributed by atoms with van der Waals surface area (Å²) >= 11 is 0. The number of rotatable bonds is 2. The number of nitriles is 1. The highest BCUT2D eigenvalue weighted by atomic mass is 16.2. The third-order valence-electron chi connectivity index (χ3n) is 3.33. The summed E-state index contributed by atoms with van der Waals surface area (Å²) in [6.07, 6.45) is 6.21. The SMILES string of the molecule is Cn1nccc1C(=O)NC1(C#N)CCCCC1. The van der Waals surface area contributed by atoms with Gasteiger partial charge in [-0.05, 0) is 18.9 Å². The van der Waals surface area contributed by atoms with Crippen molar-refractivity contribution in [3.63, 3.8) is 0 Å². The lowest BCUT2D eigenvalue weighted by Crippen LogP contribution is -2.49. The van der Waals surface area contributed by atoms with Crippen molar-refractivity contribution in [2.24, 2.45) is 7.05 Å². The Kier molecular flexibility index (Phi) is 3.14. The van der Waals surface area contributed by atoms with E-state index in [1.165, 1.54) is 4.68 Å². The summed E-state index contributed by atoms with van der Waals surface area (Å²) in [5.41, 5.74) is -0.190. The third kappa shape index (κ3) is 2.31. The maximum absolute atomic E-state index is 12.0. The molecule has 0 aromatic carbocycles. The van der Waals surface area contributed by atoms with E-state index in [4.69, 9.17) is 0 Å². The molecule has 0 saturated heterocycles. The molecule has 1 saturated carbocycles. The fourth-order valence-corrected chi connectivity index (χ4v) is 2.30. The Morgan fingerprint density at radius 2 is 2.24 bits per heavy atom. The van der Waals surface area contributed by atoms with E-state index in [9.17, 15) is 10.1 Å². The number of carbonyl (C=O) groups excluding carboxylic acids is 1. The molecule has 90 valence electrons. The molecule has 1 heterocycles. The van der Waals surface area contributed by atoms with Gasteiger partial charge in [-0.3, -0.25) is 9.48 Å². The molecule has 0 spiro atoms. The van der Waals surface area contributed by atoms with Crippen molar-refractivity contribution in [2.75, 3.05) is 0 Å². The predicted molar refractivity (Wildman–Crippen MR) is 62.1 cm³/mol. The first kappa shape index (κ1) is 11.6. The van der Waals surface area contributed by atoms with Crippen molar-refractivity contribution in [1.29, 1.82) is 5.26 Å². The van der Waals surface area contributed by atoms with Crippen LogP contribution in [0.1, 0.15) is 42.6 Å². The van der Waals surface area contributed by atoms with Crippen LogP contribution in [0.2, 0.25) is 0 Å². The zero-order valence-corrected chi connectivity index (χ0v) is 9.94. The molecule has 2 rings (SSSR count). The molecular weight excluding hydrogens is 216 g/mol. The molecule has 5 nitrogen and oxygen atoms in total. The highest BCUT2D eigenvalue weighted by molar-refractivity contribution is 5.93. The van der Waals surface area contributed by atoms with Crippen molar-refractivity contribution in [3.8, 4) is 6.07 Å². The molecule has 5 heteroatoms. The van der Waals surface area contributed by atoms with Gasteiger partial charge in [0.25, 0.3) is 5.91 Å². The number of nitrogens with one attached hydrogen (secondary N) is 1. The molecule has 0 bridgehead atoms. The summed E-state index contributed by atoms with van der Waals surface area (Å²) in [6, 6.07) is 3.92.